The Hall–Kier alpha value is -3.77. The molecule has 4 N–H and O–H groups in total. The number of carbonyl (C=O) groups excluding carboxylic acids is 7. The van der Waals surface area contributed by atoms with Crippen LogP contribution in [0, 0.1) is 16.2 Å². The van der Waals surface area contributed by atoms with Gasteiger partial charge in [-0.15, -0.1) is 6.58 Å². The lowest BCUT2D eigenvalue weighted by molar-refractivity contribution is -0.154. The lowest BCUT2D eigenvalue weighted by Crippen LogP contribution is -2.63. The van der Waals surface area contributed by atoms with Crippen molar-refractivity contribution < 1.29 is 33.6 Å². The molecule has 0 bridgehead atoms. The number of rotatable bonds is 15. The minimum absolute atomic E-state index is 0.0401. The first kappa shape index (κ1) is 42.0. The number of nitrogens with one attached hydrogen (secondary N) is 4. The molecule has 4 fully saturated rings. The summed E-state index contributed by atoms with van der Waals surface area (Å²) in [4.78, 5) is 97.4. The molecule has 0 radical (unpaired) electrons. The van der Waals surface area contributed by atoms with Crippen LogP contribution in [0.2, 0.25) is 0 Å². The summed E-state index contributed by atoms with van der Waals surface area (Å²) >= 11 is 0. The highest BCUT2D eigenvalue weighted by Gasteiger charge is 2.48. The topological polar surface area (TPSA) is 174 Å². The van der Waals surface area contributed by atoms with E-state index in [2.05, 4.69) is 27.8 Å². The summed E-state index contributed by atoms with van der Waals surface area (Å²) in [5.74, 6) is -2.80. The zero-order valence-electron chi connectivity index (χ0n) is 32.8. The molecule has 2 aliphatic carbocycles. The molecule has 296 valence electrons. The van der Waals surface area contributed by atoms with Gasteiger partial charge in [-0.25, -0.2) is 4.79 Å². The maximum Gasteiger partial charge on any atom is 0.315 e. The Kier molecular flexibility index (Phi) is 14.3. The Bertz CT molecular complexity index is 1370. The van der Waals surface area contributed by atoms with E-state index in [0.29, 0.717) is 51.5 Å². The zero-order valence-corrected chi connectivity index (χ0v) is 32.8. The molecule has 13 heteroatoms. The minimum atomic E-state index is -1.03. The van der Waals surface area contributed by atoms with Crippen molar-refractivity contribution in [1.82, 2.24) is 31.1 Å². The standard InChI is InChI=1S/C40H64N6O7/c1-7-9-16-27(32(49)35(51)41-22-8-2)42-34(50)28-17-15-23-45(28)36(52)33(39(6)18-11-10-12-19-39)44-37(53)43-29(38(3,4)5)26-46-30(47)24-40(25-31(46)48)20-13-14-21-40/h8,27-29,33H,2,7,9-26H2,1,3-6H3,(H,41,51)(H,42,50)(H2,43,44,53)/t27?,28-,29+,33+/m0/s1. The number of unbranched alkanes of at least 4 members (excludes halogenated alkanes) is 1. The predicted octanol–water partition coefficient (Wildman–Crippen LogP) is 4.29. The number of Topliss-reactive ketones (excluding diaryl/α,β-unsaturated/α-hetero) is 1. The zero-order chi connectivity index (χ0) is 39.0. The lowest BCUT2D eigenvalue weighted by Gasteiger charge is -2.43. The Morgan fingerprint density at radius 2 is 1.53 bits per heavy atom. The van der Waals surface area contributed by atoms with Gasteiger partial charge in [0.1, 0.15) is 12.1 Å². The van der Waals surface area contributed by atoms with Gasteiger partial charge in [-0.1, -0.05) is 85.6 Å². The van der Waals surface area contributed by atoms with Crippen molar-refractivity contribution >= 4 is 41.4 Å². The molecular formula is C40H64N6O7. The van der Waals surface area contributed by atoms with E-state index in [1.165, 1.54) is 15.9 Å². The molecular weight excluding hydrogens is 676 g/mol. The second-order valence-corrected chi connectivity index (χ2v) is 17.4. The number of imide groups is 1. The smallest absolute Gasteiger partial charge is 0.315 e. The number of hydrogen-bond acceptors (Lipinski definition) is 7. The van der Waals surface area contributed by atoms with E-state index in [-0.39, 0.29) is 42.6 Å². The highest BCUT2D eigenvalue weighted by atomic mass is 16.2. The predicted molar refractivity (Wildman–Crippen MR) is 201 cm³/mol. The molecule has 4 rings (SSSR count). The van der Waals surface area contributed by atoms with Crippen LogP contribution < -0.4 is 21.3 Å². The van der Waals surface area contributed by atoms with Gasteiger partial charge >= 0.3 is 6.03 Å². The average Bonchev–Trinajstić information content (AvgIpc) is 3.78. The van der Waals surface area contributed by atoms with Gasteiger partial charge in [-0.05, 0) is 61.2 Å². The maximum absolute atomic E-state index is 14.6. The van der Waals surface area contributed by atoms with E-state index in [0.717, 1.165) is 51.4 Å². The Balaban J connectivity index is 1.50. The lowest BCUT2D eigenvalue weighted by atomic mass is 9.70. The molecule has 1 spiro atoms. The summed E-state index contributed by atoms with van der Waals surface area (Å²) in [6.45, 7) is 13.8. The Morgan fingerprint density at radius 1 is 0.906 bits per heavy atom. The first-order valence-electron chi connectivity index (χ1n) is 20.0. The highest BCUT2D eigenvalue weighted by Crippen LogP contribution is 2.47. The van der Waals surface area contributed by atoms with Gasteiger partial charge in [0.2, 0.25) is 29.4 Å². The number of ketones is 1. The van der Waals surface area contributed by atoms with E-state index >= 15 is 0 Å². The van der Waals surface area contributed by atoms with Crippen molar-refractivity contribution in [2.75, 3.05) is 19.6 Å². The SMILES string of the molecule is C=CCNC(=O)C(=O)C(CCCC)NC(=O)[C@@H]1CCCN1C(=O)[C@@H](NC(=O)N[C@H](CN1C(=O)CC2(CCCC2)CC1=O)C(C)(C)C)C1(C)CCCCC1. The van der Waals surface area contributed by atoms with Crippen molar-refractivity contribution in [3.8, 4) is 0 Å². The fourth-order valence-electron chi connectivity index (χ4n) is 8.77. The van der Waals surface area contributed by atoms with Gasteiger partial charge in [0.15, 0.2) is 0 Å². The van der Waals surface area contributed by atoms with Crippen LogP contribution in [0.3, 0.4) is 0 Å². The number of urea groups is 1. The third-order valence-electron chi connectivity index (χ3n) is 12.2. The van der Waals surface area contributed by atoms with Crippen LogP contribution in [-0.2, 0) is 28.8 Å². The quantitative estimate of drug-likeness (QED) is 0.110. The van der Waals surface area contributed by atoms with Crippen molar-refractivity contribution in [3.05, 3.63) is 12.7 Å². The van der Waals surface area contributed by atoms with Crippen LogP contribution in [0.5, 0.6) is 0 Å². The van der Waals surface area contributed by atoms with Gasteiger partial charge in [-0.2, -0.15) is 0 Å². The third kappa shape index (κ3) is 10.5. The number of hydrogen-bond donors (Lipinski definition) is 4. The van der Waals surface area contributed by atoms with Gasteiger partial charge in [0, 0.05) is 32.5 Å². The summed E-state index contributed by atoms with van der Waals surface area (Å²) in [5.41, 5.74) is -1.34. The van der Waals surface area contributed by atoms with Crippen molar-refractivity contribution in [2.45, 2.75) is 162 Å². The van der Waals surface area contributed by atoms with Gasteiger partial charge in [0.05, 0.1) is 12.1 Å². The summed E-state index contributed by atoms with van der Waals surface area (Å²) < 4.78 is 0. The summed E-state index contributed by atoms with van der Waals surface area (Å²) in [7, 11) is 0. The first-order chi connectivity index (χ1) is 25.0. The van der Waals surface area contributed by atoms with Crippen LogP contribution in [-0.4, -0.2) is 95.0 Å². The largest absolute Gasteiger partial charge is 0.346 e. The molecule has 2 heterocycles. The second-order valence-electron chi connectivity index (χ2n) is 17.4. The minimum Gasteiger partial charge on any atom is -0.346 e. The third-order valence-corrected chi connectivity index (χ3v) is 12.2. The number of carbonyl (C=O) groups is 7. The van der Waals surface area contributed by atoms with Crippen LogP contribution in [0.1, 0.15) is 137 Å². The Labute approximate surface area is 315 Å². The van der Waals surface area contributed by atoms with Crippen LogP contribution in [0.25, 0.3) is 0 Å². The first-order valence-corrected chi connectivity index (χ1v) is 20.0. The highest BCUT2D eigenvalue weighted by molar-refractivity contribution is 6.38. The second kappa shape index (κ2) is 18.0. The summed E-state index contributed by atoms with van der Waals surface area (Å²) in [6, 6.07) is -4.00. The van der Waals surface area contributed by atoms with E-state index in [1.54, 1.807) is 0 Å². The fraction of sp³-hybridized carbons (Fsp3) is 0.775. The molecule has 2 saturated heterocycles. The Morgan fingerprint density at radius 3 is 2.11 bits per heavy atom. The number of amides is 7. The summed E-state index contributed by atoms with van der Waals surface area (Å²) in [5, 5.41) is 11.3. The number of likely N-dealkylation sites (tertiary alicyclic amines) is 2. The van der Waals surface area contributed by atoms with Crippen molar-refractivity contribution in [2.24, 2.45) is 16.2 Å². The number of piperidine rings is 1. The average molecular weight is 741 g/mol. The maximum atomic E-state index is 14.6. The normalized spacial score (nSPS) is 22.8. The van der Waals surface area contributed by atoms with Gasteiger partial charge in [-0.3, -0.25) is 33.7 Å². The van der Waals surface area contributed by atoms with E-state index in [1.807, 2.05) is 34.6 Å². The molecule has 0 aromatic heterocycles. The van der Waals surface area contributed by atoms with Crippen molar-refractivity contribution in [3.63, 3.8) is 0 Å². The molecule has 4 atom stereocenters. The molecule has 0 aromatic rings. The van der Waals surface area contributed by atoms with Crippen LogP contribution >= 0.6 is 0 Å². The van der Waals surface area contributed by atoms with Gasteiger partial charge < -0.3 is 26.2 Å². The fourth-order valence-corrected chi connectivity index (χ4v) is 8.77. The molecule has 1 unspecified atom stereocenters. The molecule has 4 aliphatic rings. The van der Waals surface area contributed by atoms with E-state index in [4.69, 9.17) is 0 Å². The van der Waals surface area contributed by atoms with Crippen LogP contribution in [0.4, 0.5) is 4.79 Å². The molecule has 53 heavy (non-hydrogen) atoms. The molecule has 0 aromatic carbocycles. The number of nitrogens with zero attached hydrogens (tertiary/aromatic N) is 2. The molecule has 7 amide bonds. The molecule has 13 nitrogen and oxygen atoms in total. The van der Waals surface area contributed by atoms with Crippen LogP contribution in [0.15, 0.2) is 12.7 Å². The van der Waals surface area contributed by atoms with Crippen molar-refractivity contribution in [1.29, 1.82) is 0 Å². The summed E-state index contributed by atoms with van der Waals surface area (Å²) in [6.07, 6.45) is 12.9. The van der Waals surface area contributed by atoms with Gasteiger partial charge in [0.25, 0.3) is 5.91 Å². The van der Waals surface area contributed by atoms with E-state index in [9.17, 15) is 33.6 Å². The molecule has 2 saturated carbocycles. The van der Waals surface area contributed by atoms with E-state index < -0.39 is 58.6 Å². The monoisotopic (exact) mass is 740 g/mol. The molecule has 2 aliphatic heterocycles.